The van der Waals surface area contributed by atoms with E-state index in [1.54, 1.807) is 24.3 Å². The zero-order chi connectivity index (χ0) is 14.4. The van der Waals surface area contributed by atoms with E-state index in [0.29, 0.717) is 11.6 Å². The van der Waals surface area contributed by atoms with Crippen LogP contribution in [-0.4, -0.2) is 5.91 Å². The number of rotatable bonds is 5. The number of aromatic nitrogens is 1. The first kappa shape index (κ1) is 14.5. The molecule has 1 aromatic heterocycles. The molecule has 20 heavy (non-hydrogen) atoms. The number of carbonyl (C=O) groups excluding carboxylic acids is 1. The highest BCUT2D eigenvalue weighted by Crippen LogP contribution is 2.13. The molecule has 0 bridgehead atoms. The summed E-state index contributed by atoms with van der Waals surface area (Å²) in [5, 5.41) is 3.50. The fourth-order valence-corrected chi connectivity index (χ4v) is 2.07. The van der Waals surface area contributed by atoms with Crippen LogP contribution in [0.15, 0.2) is 48.8 Å². The third-order valence-electron chi connectivity index (χ3n) is 2.95. The first-order valence-corrected chi connectivity index (χ1v) is 7.08. The van der Waals surface area contributed by atoms with Crippen LogP contribution in [-0.2, 0) is 17.8 Å². The van der Waals surface area contributed by atoms with Gasteiger partial charge in [0.2, 0.25) is 6.54 Å². The van der Waals surface area contributed by atoms with E-state index in [0.717, 1.165) is 18.5 Å². The van der Waals surface area contributed by atoms with E-state index >= 15 is 0 Å². The van der Waals surface area contributed by atoms with E-state index in [2.05, 4.69) is 24.4 Å². The molecule has 3 nitrogen and oxygen atoms in total. The number of nitrogens with zero attached hydrogens (tertiary/aromatic N) is 1. The van der Waals surface area contributed by atoms with Crippen LogP contribution in [0, 0.1) is 0 Å². The maximum absolute atomic E-state index is 11.9. The topological polar surface area (TPSA) is 33.0 Å². The number of halogens is 1. The summed E-state index contributed by atoms with van der Waals surface area (Å²) >= 11 is 5.80. The van der Waals surface area contributed by atoms with Gasteiger partial charge < -0.3 is 5.32 Å². The number of hydrogen-bond acceptors (Lipinski definition) is 1. The van der Waals surface area contributed by atoms with E-state index in [1.807, 2.05) is 17.0 Å². The number of hydrogen-bond donors (Lipinski definition) is 1. The van der Waals surface area contributed by atoms with Gasteiger partial charge in [0.25, 0.3) is 5.91 Å². The maximum atomic E-state index is 11.9. The molecule has 0 aliphatic rings. The molecule has 1 aromatic carbocycles. The van der Waals surface area contributed by atoms with Crippen LogP contribution in [0.25, 0.3) is 0 Å². The fraction of sp³-hybridized carbons (Fsp3) is 0.250. The van der Waals surface area contributed by atoms with Crippen LogP contribution in [0.1, 0.15) is 18.9 Å². The van der Waals surface area contributed by atoms with Crippen LogP contribution >= 0.6 is 11.6 Å². The first-order valence-electron chi connectivity index (χ1n) is 6.71. The Kier molecular flexibility index (Phi) is 5.13. The summed E-state index contributed by atoms with van der Waals surface area (Å²) in [6, 6.07) is 11.2. The summed E-state index contributed by atoms with van der Waals surface area (Å²) in [6.07, 6.45) is 6.07. The van der Waals surface area contributed by atoms with Crippen molar-refractivity contribution >= 4 is 23.2 Å². The van der Waals surface area contributed by atoms with Gasteiger partial charge in [-0.2, -0.15) is 4.57 Å². The van der Waals surface area contributed by atoms with Crippen LogP contribution in [0.4, 0.5) is 5.69 Å². The molecule has 2 rings (SSSR count). The predicted molar refractivity (Wildman–Crippen MR) is 80.7 cm³/mol. The van der Waals surface area contributed by atoms with Crippen LogP contribution in [0.5, 0.6) is 0 Å². The van der Waals surface area contributed by atoms with Gasteiger partial charge >= 0.3 is 0 Å². The van der Waals surface area contributed by atoms with Crippen LogP contribution in [0.3, 0.4) is 0 Å². The molecule has 1 N–H and O–H groups in total. The molecule has 0 spiro atoms. The highest BCUT2D eigenvalue weighted by Gasteiger charge is 2.09. The van der Waals surface area contributed by atoms with Crippen molar-refractivity contribution in [1.82, 2.24) is 0 Å². The number of aryl methyl sites for hydroxylation is 1. The van der Waals surface area contributed by atoms with Crippen molar-refractivity contribution in [1.29, 1.82) is 0 Å². The lowest BCUT2D eigenvalue weighted by Crippen LogP contribution is -2.39. The smallest absolute Gasteiger partial charge is 0.290 e. The largest absolute Gasteiger partial charge is 0.321 e. The Balaban J connectivity index is 1.92. The molecule has 1 heterocycles. The van der Waals surface area contributed by atoms with Crippen molar-refractivity contribution in [3.63, 3.8) is 0 Å². The minimum atomic E-state index is -0.0550. The zero-order valence-electron chi connectivity index (χ0n) is 11.5. The van der Waals surface area contributed by atoms with Gasteiger partial charge in [0.1, 0.15) is 0 Å². The highest BCUT2D eigenvalue weighted by molar-refractivity contribution is 6.30. The molecule has 0 saturated heterocycles. The lowest BCUT2D eigenvalue weighted by atomic mass is 10.2. The molecule has 0 atom stereocenters. The normalized spacial score (nSPS) is 10.3. The maximum Gasteiger partial charge on any atom is 0.290 e. The van der Waals surface area contributed by atoms with Gasteiger partial charge in [0.15, 0.2) is 12.4 Å². The summed E-state index contributed by atoms with van der Waals surface area (Å²) in [5.41, 5.74) is 2.05. The number of benzene rings is 1. The molecule has 0 aliphatic heterocycles. The van der Waals surface area contributed by atoms with Crippen LogP contribution < -0.4 is 9.88 Å². The van der Waals surface area contributed by atoms with Crippen LogP contribution in [0.2, 0.25) is 5.02 Å². The Morgan fingerprint density at radius 3 is 2.40 bits per heavy atom. The summed E-state index contributed by atoms with van der Waals surface area (Å²) in [4.78, 5) is 11.9. The Bertz CT molecular complexity index is 564. The van der Waals surface area contributed by atoms with E-state index in [1.165, 1.54) is 5.56 Å². The number of anilines is 1. The minimum absolute atomic E-state index is 0.0550. The molecule has 0 fully saturated rings. The van der Waals surface area contributed by atoms with E-state index in [4.69, 9.17) is 11.6 Å². The van der Waals surface area contributed by atoms with Crippen molar-refractivity contribution in [2.45, 2.75) is 26.3 Å². The third kappa shape index (κ3) is 4.35. The average molecular weight is 290 g/mol. The molecule has 0 radical (unpaired) electrons. The van der Waals surface area contributed by atoms with Gasteiger partial charge in [-0.15, -0.1) is 0 Å². The molecule has 2 aromatic rings. The van der Waals surface area contributed by atoms with E-state index in [-0.39, 0.29) is 5.91 Å². The number of carbonyl (C=O) groups is 1. The lowest BCUT2D eigenvalue weighted by Gasteiger charge is -2.03. The highest BCUT2D eigenvalue weighted by atomic mass is 35.5. The Labute approximate surface area is 124 Å². The van der Waals surface area contributed by atoms with Gasteiger partial charge in [0.05, 0.1) is 0 Å². The van der Waals surface area contributed by atoms with Crippen molar-refractivity contribution in [2.24, 2.45) is 0 Å². The zero-order valence-corrected chi connectivity index (χ0v) is 12.2. The summed E-state index contributed by atoms with van der Waals surface area (Å²) < 4.78 is 1.87. The SMILES string of the molecule is CCCc1cc[n+](CC(=O)Nc2ccc(Cl)cc2)cc1. The van der Waals surface area contributed by atoms with Gasteiger partial charge in [-0.05, 0) is 36.2 Å². The first-order chi connectivity index (χ1) is 9.67. The van der Waals surface area contributed by atoms with Gasteiger partial charge in [-0.1, -0.05) is 24.9 Å². The van der Waals surface area contributed by atoms with E-state index in [9.17, 15) is 4.79 Å². The van der Waals surface area contributed by atoms with Crippen molar-refractivity contribution in [3.8, 4) is 0 Å². The third-order valence-corrected chi connectivity index (χ3v) is 3.20. The Morgan fingerprint density at radius 1 is 1.15 bits per heavy atom. The average Bonchev–Trinajstić information content (AvgIpc) is 2.44. The molecule has 0 saturated carbocycles. The van der Waals surface area contributed by atoms with Gasteiger partial charge in [-0.25, -0.2) is 0 Å². The molecule has 104 valence electrons. The quantitative estimate of drug-likeness (QED) is 0.843. The summed E-state index contributed by atoms with van der Waals surface area (Å²) in [7, 11) is 0. The molecular formula is C16H18ClN2O+. The molecule has 0 unspecified atom stereocenters. The molecular weight excluding hydrogens is 272 g/mol. The molecule has 1 amide bonds. The lowest BCUT2D eigenvalue weighted by molar-refractivity contribution is -0.684. The Hall–Kier alpha value is -1.87. The minimum Gasteiger partial charge on any atom is -0.321 e. The second-order valence-corrected chi connectivity index (χ2v) is 5.12. The number of nitrogens with one attached hydrogen (secondary N) is 1. The number of amides is 1. The van der Waals surface area contributed by atoms with Gasteiger partial charge in [-0.3, -0.25) is 4.79 Å². The molecule has 4 heteroatoms. The fourth-order valence-electron chi connectivity index (χ4n) is 1.95. The van der Waals surface area contributed by atoms with Gasteiger partial charge in [0, 0.05) is 22.8 Å². The second-order valence-electron chi connectivity index (χ2n) is 4.68. The van der Waals surface area contributed by atoms with Crippen molar-refractivity contribution in [3.05, 3.63) is 59.4 Å². The standard InChI is InChI=1S/C16H17ClN2O/c1-2-3-13-8-10-19(11-9-13)12-16(20)18-15-6-4-14(17)5-7-15/h4-11H,2-3,12H2,1H3/p+1. The van der Waals surface area contributed by atoms with E-state index < -0.39 is 0 Å². The monoisotopic (exact) mass is 289 g/mol. The molecule has 0 aliphatic carbocycles. The Morgan fingerprint density at radius 2 is 1.80 bits per heavy atom. The second kappa shape index (κ2) is 7.06. The predicted octanol–water partition coefficient (Wildman–Crippen LogP) is 3.22. The number of pyridine rings is 1. The summed E-state index contributed by atoms with van der Waals surface area (Å²) in [6.45, 7) is 2.45. The van der Waals surface area contributed by atoms with Crippen molar-refractivity contribution < 1.29 is 9.36 Å². The summed E-state index contributed by atoms with van der Waals surface area (Å²) in [5.74, 6) is -0.0550. The van der Waals surface area contributed by atoms with Crippen molar-refractivity contribution in [2.75, 3.05) is 5.32 Å².